The molecule has 0 aliphatic rings. The third kappa shape index (κ3) is 3.86. The third-order valence-electron chi connectivity index (χ3n) is 2.38. The molecule has 7 heteroatoms. The van der Waals surface area contributed by atoms with E-state index in [4.69, 9.17) is 15.6 Å². The number of ether oxygens (including phenoxy) is 1. The van der Waals surface area contributed by atoms with Crippen LogP contribution in [0.5, 0.6) is 5.75 Å². The minimum absolute atomic E-state index is 0.235. The maximum absolute atomic E-state index is 10.7. The summed E-state index contributed by atoms with van der Waals surface area (Å²) in [5.41, 5.74) is 5.90. The van der Waals surface area contributed by atoms with Gasteiger partial charge in [-0.15, -0.1) is 0 Å². The molecule has 0 spiro atoms. The molecule has 1 aromatic heterocycles. The molecule has 104 valence electrons. The average molecular weight is 291 g/mol. The minimum atomic E-state index is -0.953. The second-order valence-corrected chi connectivity index (χ2v) is 4.86. The molecule has 0 amide bonds. The van der Waals surface area contributed by atoms with Crippen LogP contribution in [-0.4, -0.2) is 33.4 Å². The molecule has 0 atom stereocenters. The van der Waals surface area contributed by atoms with Crippen LogP contribution in [0.1, 0.15) is 10.4 Å². The smallest absolute Gasteiger partial charge is 0.335 e. The van der Waals surface area contributed by atoms with Gasteiger partial charge in [-0.2, -0.15) is 0 Å². The van der Waals surface area contributed by atoms with Crippen molar-refractivity contribution in [2.75, 3.05) is 18.1 Å². The molecule has 20 heavy (non-hydrogen) atoms. The Balaban J connectivity index is 1.79. The number of anilines is 1. The van der Waals surface area contributed by atoms with Gasteiger partial charge in [0.25, 0.3) is 0 Å². The highest BCUT2D eigenvalue weighted by Gasteiger charge is 2.03. The number of nitrogen functional groups attached to an aromatic ring is 1. The Morgan fingerprint density at radius 1 is 1.25 bits per heavy atom. The molecule has 0 saturated heterocycles. The number of carboxylic acid groups (broad SMARTS) is 1. The molecule has 0 aliphatic carbocycles. The van der Waals surface area contributed by atoms with E-state index in [1.165, 1.54) is 23.9 Å². The van der Waals surface area contributed by atoms with Gasteiger partial charge in [0.15, 0.2) is 5.82 Å². The maximum atomic E-state index is 10.7. The van der Waals surface area contributed by atoms with Crippen LogP contribution in [0.25, 0.3) is 0 Å². The van der Waals surface area contributed by atoms with Crippen LogP contribution in [0.3, 0.4) is 0 Å². The standard InChI is InChI=1S/C13H13N3O3S/c14-11-12(16-6-5-15-11)20-8-7-19-10-3-1-9(2-4-10)13(17)18/h1-6H,7-8H2,(H2,14,15)(H,17,18). The van der Waals surface area contributed by atoms with Crippen molar-refractivity contribution >= 4 is 23.5 Å². The number of carboxylic acids is 1. The lowest BCUT2D eigenvalue weighted by Crippen LogP contribution is -2.02. The van der Waals surface area contributed by atoms with Crippen molar-refractivity contribution in [3.8, 4) is 5.75 Å². The first kappa shape index (κ1) is 14.1. The van der Waals surface area contributed by atoms with Crippen LogP contribution in [0.4, 0.5) is 5.82 Å². The van der Waals surface area contributed by atoms with Crippen molar-refractivity contribution in [1.82, 2.24) is 9.97 Å². The molecule has 0 radical (unpaired) electrons. The average Bonchev–Trinajstić information content (AvgIpc) is 2.46. The van der Waals surface area contributed by atoms with Crippen molar-refractivity contribution in [2.24, 2.45) is 0 Å². The van der Waals surface area contributed by atoms with E-state index in [1.54, 1.807) is 24.5 Å². The number of hydrogen-bond donors (Lipinski definition) is 2. The van der Waals surface area contributed by atoms with Gasteiger partial charge >= 0.3 is 5.97 Å². The zero-order valence-electron chi connectivity index (χ0n) is 10.5. The van der Waals surface area contributed by atoms with E-state index >= 15 is 0 Å². The molecule has 2 aromatic rings. The fraction of sp³-hybridized carbons (Fsp3) is 0.154. The minimum Gasteiger partial charge on any atom is -0.493 e. The molecular weight excluding hydrogens is 278 g/mol. The predicted octanol–water partition coefficient (Wildman–Crippen LogP) is 1.93. The summed E-state index contributed by atoms with van der Waals surface area (Å²) in [6.45, 7) is 0.465. The molecule has 0 aliphatic heterocycles. The Labute approximate surface area is 120 Å². The molecular formula is C13H13N3O3S. The van der Waals surface area contributed by atoms with E-state index in [0.717, 1.165) is 0 Å². The quantitative estimate of drug-likeness (QED) is 0.619. The Bertz CT molecular complexity index is 590. The molecule has 6 nitrogen and oxygen atoms in total. The summed E-state index contributed by atoms with van der Waals surface area (Å²) in [5, 5.41) is 9.45. The monoisotopic (exact) mass is 291 g/mol. The Morgan fingerprint density at radius 3 is 2.60 bits per heavy atom. The summed E-state index contributed by atoms with van der Waals surface area (Å²) < 4.78 is 5.50. The van der Waals surface area contributed by atoms with Gasteiger partial charge in [0.05, 0.1) is 12.2 Å². The SMILES string of the molecule is Nc1nccnc1SCCOc1ccc(C(=O)O)cc1. The molecule has 0 bridgehead atoms. The van der Waals surface area contributed by atoms with Gasteiger partial charge in [-0.05, 0) is 24.3 Å². The number of carbonyl (C=O) groups is 1. The van der Waals surface area contributed by atoms with Crippen LogP contribution in [0, 0.1) is 0 Å². The summed E-state index contributed by atoms with van der Waals surface area (Å²) in [4.78, 5) is 18.7. The van der Waals surface area contributed by atoms with Crippen LogP contribution in [0.15, 0.2) is 41.7 Å². The molecule has 2 rings (SSSR count). The van der Waals surface area contributed by atoms with Crippen molar-refractivity contribution in [2.45, 2.75) is 5.03 Å². The van der Waals surface area contributed by atoms with Crippen molar-refractivity contribution in [3.63, 3.8) is 0 Å². The number of benzene rings is 1. The highest BCUT2D eigenvalue weighted by molar-refractivity contribution is 7.99. The molecule has 0 unspecified atom stereocenters. The normalized spacial score (nSPS) is 10.2. The Hall–Kier alpha value is -2.28. The fourth-order valence-corrected chi connectivity index (χ4v) is 2.13. The van der Waals surface area contributed by atoms with Crippen LogP contribution >= 0.6 is 11.8 Å². The zero-order valence-corrected chi connectivity index (χ0v) is 11.3. The van der Waals surface area contributed by atoms with E-state index in [9.17, 15) is 4.79 Å². The number of hydrogen-bond acceptors (Lipinski definition) is 6. The van der Waals surface area contributed by atoms with Crippen LogP contribution in [-0.2, 0) is 0 Å². The first-order valence-corrected chi connectivity index (χ1v) is 6.81. The topological polar surface area (TPSA) is 98.3 Å². The van der Waals surface area contributed by atoms with Gasteiger partial charge in [0.1, 0.15) is 10.8 Å². The van der Waals surface area contributed by atoms with Crippen molar-refractivity contribution in [1.29, 1.82) is 0 Å². The number of nitrogens with zero attached hydrogens (tertiary/aromatic N) is 2. The van der Waals surface area contributed by atoms with Crippen LogP contribution in [0.2, 0.25) is 0 Å². The van der Waals surface area contributed by atoms with E-state index in [1.807, 2.05) is 0 Å². The summed E-state index contributed by atoms with van der Waals surface area (Å²) in [6, 6.07) is 6.27. The van der Waals surface area contributed by atoms with E-state index in [2.05, 4.69) is 9.97 Å². The molecule has 0 saturated carbocycles. The lowest BCUT2D eigenvalue weighted by Gasteiger charge is -2.06. The Kier molecular flexibility index (Phi) is 4.78. The lowest BCUT2D eigenvalue weighted by atomic mass is 10.2. The van der Waals surface area contributed by atoms with Gasteiger partial charge in [-0.3, -0.25) is 0 Å². The first-order chi connectivity index (χ1) is 9.66. The predicted molar refractivity (Wildman–Crippen MR) is 76.1 cm³/mol. The molecule has 0 fully saturated rings. The first-order valence-electron chi connectivity index (χ1n) is 5.82. The third-order valence-corrected chi connectivity index (χ3v) is 3.34. The van der Waals surface area contributed by atoms with Gasteiger partial charge in [-0.25, -0.2) is 14.8 Å². The second-order valence-electron chi connectivity index (χ2n) is 3.77. The van der Waals surface area contributed by atoms with Gasteiger partial charge < -0.3 is 15.6 Å². The molecule has 1 heterocycles. The number of aromatic nitrogens is 2. The van der Waals surface area contributed by atoms with E-state index in [0.29, 0.717) is 29.0 Å². The number of nitrogens with two attached hydrogens (primary N) is 1. The van der Waals surface area contributed by atoms with Crippen molar-refractivity contribution < 1.29 is 14.6 Å². The molecule has 1 aromatic carbocycles. The summed E-state index contributed by atoms with van der Waals surface area (Å²) in [7, 11) is 0. The molecule has 3 N–H and O–H groups in total. The van der Waals surface area contributed by atoms with Gasteiger partial charge in [0, 0.05) is 18.1 Å². The maximum Gasteiger partial charge on any atom is 0.335 e. The highest BCUT2D eigenvalue weighted by atomic mass is 32.2. The zero-order chi connectivity index (χ0) is 14.4. The largest absolute Gasteiger partial charge is 0.493 e. The van der Waals surface area contributed by atoms with Crippen LogP contribution < -0.4 is 10.5 Å². The Morgan fingerprint density at radius 2 is 1.95 bits per heavy atom. The summed E-state index contributed by atoms with van der Waals surface area (Å²) >= 11 is 1.46. The number of rotatable bonds is 6. The van der Waals surface area contributed by atoms with E-state index in [-0.39, 0.29) is 5.56 Å². The van der Waals surface area contributed by atoms with Gasteiger partial charge in [-0.1, -0.05) is 11.8 Å². The number of aromatic carboxylic acids is 1. The fourth-order valence-electron chi connectivity index (χ4n) is 1.44. The van der Waals surface area contributed by atoms with E-state index < -0.39 is 5.97 Å². The summed E-state index contributed by atoms with van der Waals surface area (Å²) in [6.07, 6.45) is 3.13. The van der Waals surface area contributed by atoms with Crippen molar-refractivity contribution in [3.05, 3.63) is 42.2 Å². The number of thioether (sulfide) groups is 1. The van der Waals surface area contributed by atoms with Gasteiger partial charge in [0.2, 0.25) is 0 Å². The summed E-state index contributed by atoms with van der Waals surface area (Å²) in [5.74, 6) is 0.750. The highest BCUT2D eigenvalue weighted by Crippen LogP contribution is 2.20. The second kappa shape index (κ2) is 6.76. The lowest BCUT2D eigenvalue weighted by molar-refractivity contribution is 0.0697.